The quantitative estimate of drug-likeness (QED) is 0.215. The predicted molar refractivity (Wildman–Crippen MR) is 144 cm³/mol. The molecule has 0 spiro atoms. The van der Waals surface area contributed by atoms with Crippen LogP contribution in [0, 0.1) is 0 Å². The van der Waals surface area contributed by atoms with E-state index in [4.69, 9.17) is 9.97 Å². The van der Waals surface area contributed by atoms with Crippen molar-refractivity contribution >= 4 is 78.5 Å². The number of nitrogens with zero attached hydrogens (tertiary/aromatic N) is 4. The van der Waals surface area contributed by atoms with E-state index in [1.54, 1.807) is 35.1 Å². The summed E-state index contributed by atoms with van der Waals surface area (Å²) in [6, 6.07) is 19.8. The summed E-state index contributed by atoms with van der Waals surface area (Å²) in [5.74, 6) is 1.56. The molecule has 0 unspecified atom stereocenters. The molecule has 2 N–H and O–H groups in total. The Morgan fingerprint density at radius 2 is 1.09 bits per heavy atom. The molecule has 1 aromatic carbocycles. The van der Waals surface area contributed by atoms with Crippen LogP contribution in [0.3, 0.4) is 0 Å². The van der Waals surface area contributed by atoms with Crippen LogP contribution in [-0.2, 0) is 0 Å². The summed E-state index contributed by atoms with van der Waals surface area (Å²) in [6.45, 7) is 0. The Hall–Kier alpha value is -2.66. The van der Waals surface area contributed by atoms with Crippen molar-refractivity contribution in [2.75, 3.05) is 10.6 Å². The molecule has 0 aliphatic carbocycles. The fourth-order valence-corrected chi connectivity index (χ4v) is 4.31. The van der Waals surface area contributed by atoms with E-state index < -0.39 is 0 Å². The lowest BCUT2D eigenvalue weighted by Gasteiger charge is -2.02. The van der Waals surface area contributed by atoms with Crippen LogP contribution in [-0.4, -0.2) is 19.9 Å². The lowest BCUT2D eigenvalue weighted by Crippen LogP contribution is -1.92. The van der Waals surface area contributed by atoms with Gasteiger partial charge in [0.2, 0.25) is 0 Å². The molecule has 5 rings (SSSR count). The SMILES string of the molecule is Br.Br.c1ccc(Nc2nc(-c3cccc(-c4csc(Nc5ccccn5)n4)c3)cs2)nc1. The van der Waals surface area contributed by atoms with Gasteiger partial charge in [-0.3, -0.25) is 0 Å². The zero-order valence-corrected chi connectivity index (χ0v) is 21.6. The molecule has 162 valence electrons. The van der Waals surface area contributed by atoms with Crippen molar-refractivity contribution in [3.05, 3.63) is 83.8 Å². The first-order valence-corrected chi connectivity index (χ1v) is 11.0. The van der Waals surface area contributed by atoms with Crippen molar-refractivity contribution in [1.82, 2.24) is 19.9 Å². The third-order valence-corrected chi connectivity index (χ3v) is 5.78. The second-order valence-electron chi connectivity index (χ2n) is 6.34. The van der Waals surface area contributed by atoms with Crippen LogP contribution < -0.4 is 10.6 Å². The molecule has 6 nitrogen and oxygen atoms in total. The van der Waals surface area contributed by atoms with Crippen molar-refractivity contribution in [1.29, 1.82) is 0 Å². The number of halogens is 2. The number of thiazole rings is 2. The number of rotatable bonds is 6. The number of pyridine rings is 2. The molecule has 4 heterocycles. The number of hydrogen-bond donors (Lipinski definition) is 2. The minimum absolute atomic E-state index is 0. The van der Waals surface area contributed by atoms with E-state index in [2.05, 4.69) is 38.8 Å². The van der Waals surface area contributed by atoms with Crippen molar-refractivity contribution in [2.24, 2.45) is 0 Å². The van der Waals surface area contributed by atoms with E-state index in [1.807, 2.05) is 53.2 Å². The van der Waals surface area contributed by atoms with Gasteiger partial charge in [-0.1, -0.05) is 30.3 Å². The molecular formula is C22H18Br2N6S2. The molecule has 0 saturated heterocycles. The summed E-state index contributed by atoms with van der Waals surface area (Å²) in [7, 11) is 0. The number of hydrogen-bond acceptors (Lipinski definition) is 8. The average molecular weight is 590 g/mol. The Balaban J connectivity index is 0.00000144. The highest BCUT2D eigenvalue weighted by Crippen LogP contribution is 2.31. The monoisotopic (exact) mass is 588 g/mol. The van der Waals surface area contributed by atoms with Crippen LogP contribution in [0.1, 0.15) is 0 Å². The van der Waals surface area contributed by atoms with E-state index in [0.717, 1.165) is 44.4 Å². The first kappa shape index (κ1) is 24.0. The van der Waals surface area contributed by atoms with Gasteiger partial charge in [0.1, 0.15) is 11.6 Å². The highest BCUT2D eigenvalue weighted by Gasteiger charge is 2.09. The Bertz CT molecular complexity index is 1170. The van der Waals surface area contributed by atoms with E-state index in [-0.39, 0.29) is 34.0 Å². The summed E-state index contributed by atoms with van der Waals surface area (Å²) in [5.41, 5.74) is 3.93. The van der Waals surface area contributed by atoms with Gasteiger partial charge in [0.25, 0.3) is 0 Å². The van der Waals surface area contributed by atoms with Crippen LogP contribution in [0.25, 0.3) is 22.5 Å². The summed E-state index contributed by atoms with van der Waals surface area (Å²) >= 11 is 3.11. The van der Waals surface area contributed by atoms with Crippen LogP contribution in [0.4, 0.5) is 21.9 Å². The van der Waals surface area contributed by atoms with Crippen LogP contribution in [0.2, 0.25) is 0 Å². The number of benzene rings is 1. The normalized spacial score (nSPS) is 10.0. The zero-order valence-electron chi connectivity index (χ0n) is 16.5. The summed E-state index contributed by atoms with van der Waals surface area (Å²) < 4.78 is 0. The maximum Gasteiger partial charge on any atom is 0.188 e. The Morgan fingerprint density at radius 1 is 0.594 bits per heavy atom. The first-order chi connectivity index (χ1) is 14.8. The molecule has 4 aromatic heterocycles. The molecule has 0 radical (unpaired) electrons. The Kier molecular flexibility index (Phi) is 8.46. The van der Waals surface area contributed by atoms with Gasteiger partial charge in [0.05, 0.1) is 11.4 Å². The van der Waals surface area contributed by atoms with E-state index in [1.165, 1.54) is 0 Å². The van der Waals surface area contributed by atoms with Gasteiger partial charge in [-0.05, 0) is 30.3 Å². The predicted octanol–water partition coefficient (Wildman–Crippen LogP) is 7.37. The van der Waals surface area contributed by atoms with Crippen LogP contribution >= 0.6 is 56.6 Å². The van der Waals surface area contributed by atoms with Gasteiger partial charge in [-0.2, -0.15) is 0 Å². The highest BCUT2D eigenvalue weighted by molar-refractivity contribution is 8.93. The molecule has 0 bridgehead atoms. The molecule has 0 aliphatic rings. The minimum atomic E-state index is 0. The van der Waals surface area contributed by atoms with Gasteiger partial charge in [0, 0.05) is 34.3 Å². The third-order valence-electron chi connectivity index (χ3n) is 4.26. The molecule has 32 heavy (non-hydrogen) atoms. The van der Waals surface area contributed by atoms with Crippen molar-refractivity contribution in [3.8, 4) is 22.5 Å². The van der Waals surface area contributed by atoms with Crippen LogP contribution in [0.5, 0.6) is 0 Å². The largest absolute Gasteiger partial charge is 0.316 e. The van der Waals surface area contributed by atoms with Gasteiger partial charge < -0.3 is 10.6 Å². The summed E-state index contributed by atoms with van der Waals surface area (Å²) in [4.78, 5) is 18.0. The molecule has 0 saturated carbocycles. The molecule has 0 fully saturated rings. The van der Waals surface area contributed by atoms with Crippen molar-refractivity contribution in [2.45, 2.75) is 0 Å². The topological polar surface area (TPSA) is 75.6 Å². The lowest BCUT2D eigenvalue weighted by molar-refractivity contribution is 1.28. The summed E-state index contributed by atoms with van der Waals surface area (Å²) in [6.07, 6.45) is 3.51. The van der Waals surface area contributed by atoms with Gasteiger partial charge >= 0.3 is 0 Å². The standard InChI is InChI=1S/C22H16N6S2.2BrH/c1-3-10-23-19(8-1)27-21-25-17(13-29-21)15-6-5-7-16(12-15)18-14-30-22(26-18)28-20-9-2-4-11-24-20;;/h1-14H,(H,23,25,27)(H,24,26,28);2*1H. The van der Waals surface area contributed by atoms with Gasteiger partial charge in [-0.15, -0.1) is 56.6 Å². The number of nitrogens with one attached hydrogen (secondary N) is 2. The molecular weight excluding hydrogens is 572 g/mol. The number of anilines is 4. The van der Waals surface area contributed by atoms with Gasteiger partial charge in [-0.25, -0.2) is 19.9 Å². The maximum atomic E-state index is 4.70. The lowest BCUT2D eigenvalue weighted by atomic mass is 10.1. The van der Waals surface area contributed by atoms with Crippen molar-refractivity contribution in [3.63, 3.8) is 0 Å². The highest BCUT2D eigenvalue weighted by atomic mass is 79.9. The Labute approximate surface area is 214 Å². The van der Waals surface area contributed by atoms with E-state index in [0.29, 0.717) is 0 Å². The molecule has 10 heteroatoms. The zero-order chi connectivity index (χ0) is 20.2. The molecule has 5 aromatic rings. The second kappa shape index (κ2) is 11.3. The smallest absolute Gasteiger partial charge is 0.188 e. The molecule has 0 aliphatic heterocycles. The number of aromatic nitrogens is 4. The fraction of sp³-hybridized carbons (Fsp3) is 0. The van der Waals surface area contributed by atoms with E-state index in [9.17, 15) is 0 Å². The van der Waals surface area contributed by atoms with Gasteiger partial charge in [0.15, 0.2) is 10.3 Å². The molecule has 0 atom stereocenters. The van der Waals surface area contributed by atoms with E-state index >= 15 is 0 Å². The second-order valence-corrected chi connectivity index (χ2v) is 8.05. The molecule has 0 amide bonds. The minimum Gasteiger partial charge on any atom is -0.316 e. The maximum absolute atomic E-state index is 4.70. The van der Waals surface area contributed by atoms with Crippen LogP contribution in [0.15, 0.2) is 83.8 Å². The third kappa shape index (κ3) is 5.77. The first-order valence-electron chi connectivity index (χ1n) is 9.21. The summed E-state index contributed by atoms with van der Waals surface area (Å²) in [5, 5.41) is 12.2. The fourth-order valence-electron chi connectivity index (χ4n) is 2.86. The van der Waals surface area contributed by atoms with Crippen molar-refractivity contribution < 1.29 is 0 Å². The average Bonchev–Trinajstić information content (AvgIpc) is 3.45. The Morgan fingerprint density at radius 3 is 1.53 bits per heavy atom.